The second-order valence-electron chi connectivity index (χ2n) is 3.67. The van der Waals surface area contributed by atoms with Crippen LogP contribution in [0.2, 0.25) is 0 Å². The summed E-state index contributed by atoms with van der Waals surface area (Å²) in [5.41, 5.74) is 0. The van der Waals surface area contributed by atoms with E-state index >= 15 is 0 Å². The molecule has 0 bridgehead atoms. The third kappa shape index (κ3) is 3.45. The van der Waals surface area contributed by atoms with E-state index in [9.17, 15) is 5.11 Å². The van der Waals surface area contributed by atoms with Gasteiger partial charge in [-0.3, -0.25) is 0 Å². The van der Waals surface area contributed by atoms with Crippen molar-refractivity contribution in [2.75, 3.05) is 18.0 Å². The number of aliphatic hydroxyl groups is 1. The van der Waals surface area contributed by atoms with Gasteiger partial charge in [0.2, 0.25) is 0 Å². The van der Waals surface area contributed by atoms with Crippen LogP contribution in [0.4, 0.5) is 5.82 Å². The topological polar surface area (TPSA) is 36.4 Å². The Bertz CT molecular complexity index is 355. The molecule has 16 heavy (non-hydrogen) atoms. The maximum Gasteiger partial charge on any atom is 1.00 e. The number of nitrogens with zero attached hydrogens (tertiary/aromatic N) is 2. The predicted molar refractivity (Wildman–Crippen MR) is 62.3 cm³/mol. The van der Waals surface area contributed by atoms with Crippen LogP contribution < -0.4 is 34.5 Å². The molecule has 82 valence electrons. The molecule has 0 amide bonds. The van der Waals surface area contributed by atoms with Crippen molar-refractivity contribution in [3.8, 4) is 0 Å². The van der Waals surface area contributed by atoms with Crippen molar-refractivity contribution >= 4 is 30.0 Å². The predicted octanol–water partition coefficient (Wildman–Crippen LogP) is -1.83. The van der Waals surface area contributed by atoms with E-state index in [-0.39, 0.29) is 34.9 Å². The van der Waals surface area contributed by atoms with Gasteiger partial charge in [-0.2, -0.15) is 4.90 Å². The summed E-state index contributed by atoms with van der Waals surface area (Å²) < 4.78 is 0. The second kappa shape index (κ2) is 6.38. The van der Waals surface area contributed by atoms with Crippen LogP contribution in [0.3, 0.4) is 0 Å². The molecule has 1 N–H and O–H groups in total. The summed E-state index contributed by atoms with van der Waals surface area (Å²) in [6.45, 7) is 1.39. The molecule has 1 aromatic heterocycles. The Hall–Kier alpha value is 0.420. The summed E-state index contributed by atoms with van der Waals surface area (Å²) in [7, 11) is 0. The van der Waals surface area contributed by atoms with Crippen molar-refractivity contribution in [1.82, 2.24) is 4.98 Å². The molecule has 0 radical (unpaired) electrons. The molecule has 0 saturated carbocycles. The largest absolute Gasteiger partial charge is 1.00 e. The van der Waals surface area contributed by atoms with Crippen LogP contribution in [0.25, 0.3) is 0 Å². The van der Waals surface area contributed by atoms with Crippen molar-refractivity contribution in [1.29, 1.82) is 0 Å². The van der Waals surface area contributed by atoms with Gasteiger partial charge < -0.3 is 22.6 Å². The Kier molecular flexibility index (Phi) is 5.77. The molecular weight excluding hydrogens is 255 g/mol. The molecule has 2 rings (SSSR count). The number of piperidine rings is 1. The van der Waals surface area contributed by atoms with Gasteiger partial charge in [-0.1, -0.05) is 6.07 Å². The molecule has 1 fully saturated rings. The van der Waals surface area contributed by atoms with Crippen molar-refractivity contribution < 1.29 is 34.7 Å². The first kappa shape index (κ1) is 14.5. The zero-order valence-electron chi connectivity index (χ0n) is 9.14. The van der Waals surface area contributed by atoms with Gasteiger partial charge in [-0.25, -0.2) is 4.98 Å². The summed E-state index contributed by atoms with van der Waals surface area (Å²) >= 11 is 11.1. The van der Waals surface area contributed by atoms with Gasteiger partial charge in [0.1, 0.15) is 5.82 Å². The first-order chi connectivity index (χ1) is 7.16. The average Bonchev–Trinajstić information content (AvgIpc) is 2.22. The maximum atomic E-state index is 9.50. The number of anilines is 1. The monoisotopic (exact) mass is 266 g/mol. The Labute approximate surface area is 128 Å². The standard InChI is InChI=1S/C10H13ClN2OS.Na/c11-8-6-13(4-2-9(8)14)10-5-7(15)1-3-12-10;/h1,3,5,8-9,14H,2,4,6H2,(H,12,15);/q;+1/p-1. The van der Waals surface area contributed by atoms with Gasteiger partial charge >= 0.3 is 29.6 Å². The zero-order chi connectivity index (χ0) is 10.8. The molecule has 1 saturated heterocycles. The minimum absolute atomic E-state index is 0. The van der Waals surface area contributed by atoms with Gasteiger partial charge in [0, 0.05) is 19.3 Å². The molecule has 2 atom stereocenters. The van der Waals surface area contributed by atoms with Crippen LogP contribution in [0.1, 0.15) is 6.42 Å². The van der Waals surface area contributed by atoms with E-state index in [1.807, 2.05) is 6.07 Å². The normalized spacial score (nSPS) is 25.0. The number of aliphatic hydroxyl groups excluding tert-OH is 1. The fourth-order valence-electron chi connectivity index (χ4n) is 1.67. The number of hydrogen-bond donors (Lipinski definition) is 1. The minimum atomic E-state index is -0.408. The van der Waals surface area contributed by atoms with Gasteiger partial charge in [0.15, 0.2) is 0 Å². The number of aromatic nitrogens is 1. The van der Waals surface area contributed by atoms with Crippen LogP contribution in [0.5, 0.6) is 0 Å². The molecular formula is C10H12ClN2NaOS. The van der Waals surface area contributed by atoms with E-state index in [0.717, 1.165) is 17.3 Å². The van der Waals surface area contributed by atoms with Crippen LogP contribution in [-0.2, 0) is 12.6 Å². The number of rotatable bonds is 1. The number of pyridine rings is 1. The minimum Gasteiger partial charge on any atom is -0.780 e. The molecule has 1 aliphatic rings. The molecule has 2 unspecified atom stereocenters. The number of halogens is 1. The first-order valence-electron chi connectivity index (χ1n) is 4.87. The Morgan fingerprint density at radius 3 is 2.94 bits per heavy atom. The molecule has 0 aliphatic carbocycles. The Morgan fingerprint density at radius 2 is 2.31 bits per heavy atom. The van der Waals surface area contributed by atoms with Gasteiger partial charge in [-0.15, -0.1) is 11.6 Å². The molecule has 3 nitrogen and oxygen atoms in total. The molecule has 0 aromatic carbocycles. The summed E-state index contributed by atoms with van der Waals surface area (Å²) in [5.74, 6) is 0.847. The summed E-state index contributed by atoms with van der Waals surface area (Å²) in [6, 6.07) is 3.65. The smallest absolute Gasteiger partial charge is 0.780 e. The Morgan fingerprint density at radius 1 is 1.56 bits per heavy atom. The van der Waals surface area contributed by atoms with Crippen molar-refractivity contribution in [2.45, 2.75) is 22.8 Å². The maximum absolute atomic E-state index is 9.50. The third-order valence-corrected chi connectivity index (χ3v) is 3.23. The van der Waals surface area contributed by atoms with Crippen LogP contribution in [-0.4, -0.2) is 34.7 Å². The van der Waals surface area contributed by atoms with Gasteiger partial charge in [-0.05, 0) is 12.5 Å². The fraction of sp³-hybridized carbons (Fsp3) is 0.500. The van der Waals surface area contributed by atoms with Crippen LogP contribution in [0, 0.1) is 0 Å². The molecule has 1 aromatic rings. The van der Waals surface area contributed by atoms with Gasteiger partial charge in [0.25, 0.3) is 0 Å². The third-order valence-electron chi connectivity index (χ3n) is 2.55. The number of alkyl halides is 1. The molecule has 2 heterocycles. The quantitative estimate of drug-likeness (QED) is 0.369. The molecule has 1 aliphatic heterocycles. The second-order valence-corrected chi connectivity index (χ2v) is 4.70. The summed E-state index contributed by atoms with van der Waals surface area (Å²) in [5, 5.41) is 9.27. The Balaban J connectivity index is 0.00000128. The van der Waals surface area contributed by atoms with Crippen molar-refractivity contribution in [3.63, 3.8) is 0 Å². The first-order valence-corrected chi connectivity index (χ1v) is 5.71. The van der Waals surface area contributed by atoms with Gasteiger partial charge in [0.05, 0.1) is 11.5 Å². The van der Waals surface area contributed by atoms with E-state index in [1.165, 1.54) is 0 Å². The van der Waals surface area contributed by atoms with E-state index < -0.39 is 6.10 Å². The van der Waals surface area contributed by atoms with E-state index in [4.69, 9.17) is 24.2 Å². The van der Waals surface area contributed by atoms with Crippen molar-refractivity contribution in [3.05, 3.63) is 18.3 Å². The summed E-state index contributed by atoms with van der Waals surface area (Å²) in [6.07, 6.45) is 1.97. The zero-order valence-corrected chi connectivity index (χ0v) is 12.7. The average molecular weight is 267 g/mol. The van der Waals surface area contributed by atoms with E-state index in [1.54, 1.807) is 12.3 Å². The summed E-state index contributed by atoms with van der Waals surface area (Å²) in [4.78, 5) is 7.07. The number of hydrogen-bond acceptors (Lipinski definition) is 4. The van der Waals surface area contributed by atoms with E-state index in [2.05, 4.69) is 9.88 Å². The van der Waals surface area contributed by atoms with Crippen molar-refractivity contribution in [2.24, 2.45) is 0 Å². The molecule has 6 heteroatoms. The van der Waals surface area contributed by atoms with Crippen LogP contribution in [0.15, 0.2) is 23.2 Å². The SMILES string of the molecule is OC1CCN(c2cc([S-])ccn2)CC1Cl.[Na+]. The van der Waals surface area contributed by atoms with Crippen LogP contribution >= 0.6 is 11.6 Å². The fourth-order valence-corrected chi connectivity index (χ4v) is 2.13. The molecule has 0 spiro atoms. The van der Waals surface area contributed by atoms with E-state index in [0.29, 0.717) is 13.0 Å².